The topological polar surface area (TPSA) is 54.7 Å². The first-order valence-corrected chi connectivity index (χ1v) is 7.86. The van der Waals surface area contributed by atoms with Gasteiger partial charge in [-0.15, -0.1) is 0 Å². The standard InChI is InChI=1S/C21H17N3/c22-18-8-4-7-17(13-18)20-14-19(15-9-11-23-12-10-15)21(24-20)16-5-2-1-3-6-16/h1-14,24H,22H2. The quantitative estimate of drug-likeness (QED) is 0.523. The highest BCUT2D eigenvalue weighted by Crippen LogP contribution is 2.35. The molecule has 2 aromatic heterocycles. The van der Waals surface area contributed by atoms with Gasteiger partial charge in [-0.2, -0.15) is 0 Å². The fourth-order valence-electron chi connectivity index (χ4n) is 2.91. The number of nitrogens with one attached hydrogen (secondary N) is 1. The third kappa shape index (κ3) is 2.68. The molecule has 0 amide bonds. The molecule has 0 unspecified atom stereocenters. The van der Waals surface area contributed by atoms with Gasteiger partial charge in [0.15, 0.2) is 0 Å². The molecule has 0 aliphatic carbocycles. The Morgan fingerprint density at radius 2 is 1.46 bits per heavy atom. The second-order valence-corrected chi connectivity index (χ2v) is 5.70. The maximum absolute atomic E-state index is 5.94. The molecule has 0 aliphatic rings. The normalized spacial score (nSPS) is 10.7. The van der Waals surface area contributed by atoms with Crippen LogP contribution in [0.15, 0.2) is 85.2 Å². The van der Waals surface area contributed by atoms with Crippen LogP contribution < -0.4 is 5.73 Å². The van der Waals surface area contributed by atoms with E-state index >= 15 is 0 Å². The first-order valence-electron chi connectivity index (χ1n) is 7.86. The lowest BCUT2D eigenvalue weighted by molar-refractivity contribution is 1.33. The van der Waals surface area contributed by atoms with Gasteiger partial charge in [-0.3, -0.25) is 4.98 Å². The van der Waals surface area contributed by atoms with Crippen molar-refractivity contribution in [3.63, 3.8) is 0 Å². The minimum atomic E-state index is 0.758. The third-order valence-electron chi connectivity index (χ3n) is 4.07. The number of benzene rings is 2. The molecule has 0 aliphatic heterocycles. The van der Waals surface area contributed by atoms with Gasteiger partial charge in [0.1, 0.15) is 0 Å². The van der Waals surface area contributed by atoms with Crippen LogP contribution in [-0.4, -0.2) is 9.97 Å². The van der Waals surface area contributed by atoms with E-state index in [-0.39, 0.29) is 0 Å². The van der Waals surface area contributed by atoms with Gasteiger partial charge in [-0.1, -0.05) is 42.5 Å². The Balaban J connectivity index is 1.91. The second-order valence-electron chi connectivity index (χ2n) is 5.70. The Kier molecular flexibility index (Phi) is 3.60. The van der Waals surface area contributed by atoms with E-state index in [1.54, 1.807) is 0 Å². The van der Waals surface area contributed by atoms with E-state index in [1.165, 1.54) is 0 Å². The molecular weight excluding hydrogens is 294 g/mol. The number of H-pyrrole nitrogens is 1. The molecule has 3 nitrogen and oxygen atoms in total. The lowest BCUT2D eigenvalue weighted by Crippen LogP contribution is -1.85. The van der Waals surface area contributed by atoms with E-state index in [1.807, 2.05) is 60.9 Å². The van der Waals surface area contributed by atoms with Crippen molar-refractivity contribution >= 4 is 5.69 Å². The molecule has 0 radical (unpaired) electrons. The molecule has 0 spiro atoms. The highest BCUT2D eigenvalue weighted by Gasteiger charge is 2.13. The maximum Gasteiger partial charge on any atom is 0.0538 e. The minimum absolute atomic E-state index is 0.758. The van der Waals surface area contributed by atoms with Gasteiger partial charge in [-0.25, -0.2) is 0 Å². The minimum Gasteiger partial charge on any atom is -0.399 e. The molecule has 0 bridgehead atoms. The summed E-state index contributed by atoms with van der Waals surface area (Å²) in [6.45, 7) is 0. The Labute approximate surface area is 140 Å². The SMILES string of the molecule is Nc1cccc(-c2cc(-c3ccncc3)c(-c3ccccc3)[nH]2)c1. The van der Waals surface area contributed by atoms with Crippen molar-refractivity contribution in [3.05, 3.63) is 85.2 Å². The summed E-state index contributed by atoms with van der Waals surface area (Å²) in [6, 6.07) is 24.5. The smallest absolute Gasteiger partial charge is 0.0538 e. The van der Waals surface area contributed by atoms with Crippen LogP contribution in [0.25, 0.3) is 33.6 Å². The predicted octanol–water partition coefficient (Wildman–Crippen LogP) is 4.99. The Bertz CT molecular complexity index is 900. The molecule has 24 heavy (non-hydrogen) atoms. The van der Waals surface area contributed by atoms with Crippen LogP contribution in [-0.2, 0) is 0 Å². The van der Waals surface area contributed by atoms with E-state index in [9.17, 15) is 0 Å². The first kappa shape index (κ1) is 14.3. The number of nitrogens with zero attached hydrogens (tertiary/aromatic N) is 1. The Morgan fingerprint density at radius 3 is 2.21 bits per heavy atom. The van der Waals surface area contributed by atoms with Gasteiger partial charge in [-0.05, 0) is 47.0 Å². The van der Waals surface area contributed by atoms with Crippen molar-refractivity contribution in [2.24, 2.45) is 0 Å². The molecule has 116 valence electrons. The number of hydrogen-bond donors (Lipinski definition) is 2. The van der Waals surface area contributed by atoms with Crippen molar-refractivity contribution in [3.8, 4) is 33.6 Å². The fourth-order valence-corrected chi connectivity index (χ4v) is 2.91. The molecule has 4 aromatic rings. The van der Waals surface area contributed by atoms with Crippen LogP contribution in [0.2, 0.25) is 0 Å². The van der Waals surface area contributed by atoms with Gasteiger partial charge in [0.25, 0.3) is 0 Å². The zero-order chi connectivity index (χ0) is 16.4. The van der Waals surface area contributed by atoms with E-state index in [0.29, 0.717) is 0 Å². The van der Waals surface area contributed by atoms with Crippen molar-refractivity contribution in [2.45, 2.75) is 0 Å². The molecule has 3 N–H and O–H groups in total. The zero-order valence-electron chi connectivity index (χ0n) is 13.1. The monoisotopic (exact) mass is 311 g/mol. The summed E-state index contributed by atoms with van der Waals surface area (Å²) in [5, 5.41) is 0. The van der Waals surface area contributed by atoms with Gasteiger partial charge in [0.05, 0.1) is 5.69 Å². The van der Waals surface area contributed by atoms with E-state index in [2.05, 4.69) is 34.2 Å². The molecule has 3 heteroatoms. The summed E-state index contributed by atoms with van der Waals surface area (Å²) >= 11 is 0. The van der Waals surface area contributed by atoms with Crippen LogP contribution in [0.5, 0.6) is 0 Å². The lowest BCUT2D eigenvalue weighted by Gasteiger charge is -2.04. The molecular formula is C21H17N3. The average molecular weight is 311 g/mol. The van der Waals surface area contributed by atoms with Crippen LogP contribution >= 0.6 is 0 Å². The largest absolute Gasteiger partial charge is 0.399 e. The highest BCUT2D eigenvalue weighted by atomic mass is 14.7. The number of nitrogens with two attached hydrogens (primary N) is 1. The van der Waals surface area contributed by atoms with Crippen LogP contribution in [0.3, 0.4) is 0 Å². The Hall–Kier alpha value is -3.33. The van der Waals surface area contributed by atoms with Gasteiger partial charge in [0, 0.05) is 29.3 Å². The van der Waals surface area contributed by atoms with E-state index < -0.39 is 0 Å². The van der Waals surface area contributed by atoms with Gasteiger partial charge in [0.2, 0.25) is 0 Å². The number of anilines is 1. The summed E-state index contributed by atoms with van der Waals surface area (Å²) < 4.78 is 0. The van der Waals surface area contributed by atoms with Crippen molar-refractivity contribution in [1.82, 2.24) is 9.97 Å². The second kappa shape index (κ2) is 6.05. The summed E-state index contributed by atoms with van der Waals surface area (Å²) in [6.07, 6.45) is 3.63. The molecule has 2 heterocycles. The van der Waals surface area contributed by atoms with E-state index in [0.717, 1.165) is 39.3 Å². The highest BCUT2D eigenvalue weighted by molar-refractivity contribution is 5.86. The van der Waals surface area contributed by atoms with Gasteiger partial charge >= 0.3 is 0 Å². The lowest BCUT2D eigenvalue weighted by atomic mass is 10.0. The third-order valence-corrected chi connectivity index (χ3v) is 4.07. The molecule has 0 saturated carbocycles. The number of aromatic nitrogens is 2. The van der Waals surface area contributed by atoms with Crippen molar-refractivity contribution in [1.29, 1.82) is 0 Å². The average Bonchev–Trinajstić information content (AvgIpc) is 3.09. The summed E-state index contributed by atoms with van der Waals surface area (Å²) in [4.78, 5) is 7.69. The Morgan fingerprint density at radius 1 is 0.708 bits per heavy atom. The number of hydrogen-bond acceptors (Lipinski definition) is 2. The first-order chi connectivity index (χ1) is 11.8. The van der Waals surface area contributed by atoms with Crippen LogP contribution in [0.1, 0.15) is 0 Å². The van der Waals surface area contributed by atoms with E-state index in [4.69, 9.17) is 5.73 Å². The molecule has 2 aromatic carbocycles. The zero-order valence-corrected chi connectivity index (χ0v) is 13.1. The number of rotatable bonds is 3. The summed E-state index contributed by atoms with van der Waals surface area (Å²) in [5.74, 6) is 0. The van der Waals surface area contributed by atoms with Crippen LogP contribution in [0, 0.1) is 0 Å². The maximum atomic E-state index is 5.94. The van der Waals surface area contributed by atoms with Crippen molar-refractivity contribution < 1.29 is 0 Å². The van der Waals surface area contributed by atoms with Gasteiger partial charge < -0.3 is 10.7 Å². The molecule has 4 rings (SSSR count). The fraction of sp³-hybridized carbons (Fsp3) is 0. The number of nitrogen functional groups attached to an aromatic ring is 1. The summed E-state index contributed by atoms with van der Waals surface area (Å²) in [5.41, 5.74) is 13.4. The summed E-state index contributed by atoms with van der Waals surface area (Å²) in [7, 11) is 0. The van der Waals surface area contributed by atoms with Crippen molar-refractivity contribution in [2.75, 3.05) is 5.73 Å². The number of aromatic amines is 1. The molecule has 0 atom stereocenters. The molecule has 0 fully saturated rings. The number of pyridine rings is 1. The van der Waals surface area contributed by atoms with Crippen LogP contribution in [0.4, 0.5) is 5.69 Å². The predicted molar refractivity (Wildman–Crippen MR) is 99.3 cm³/mol. The molecule has 0 saturated heterocycles.